The number of rotatable bonds is 1. The van der Waals surface area contributed by atoms with E-state index >= 15 is 0 Å². The smallest absolute Gasteiger partial charge is 0.189 e. The van der Waals surface area contributed by atoms with Crippen molar-refractivity contribution in [3.05, 3.63) is 32.7 Å². The first-order valence-electron chi connectivity index (χ1n) is 4.18. The second kappa shape index (κ2) is 3.90. The van der Waals surface area contributed by atoms with Crippen LogP contribution in [0.1, 0.15) is 11.6 Å². The highest BCUT2D eigenvalue weighted by Gasteiger charge is 2.17. The molecule has 3 nitrogen and oxygen atoms in total. The Morgan fingerprint density at radius 3 is 2.71 bits per heavy atom. The number of benzene rings is 1. The summed E-state index contributed by atoms with van der Waals surface area (Å²) in [6, 6.07) is 6.34. The van der Waals surface area contributed by atoms with Gasteiger partial charge in [-0.1, -0.05) is 6.07 Å². The van der Waals surface area contributed by atoms with Crippen molar-refractivity contribution in [3.63, 3.8) is 0 Å². The Morgan fingerprint density at radius 2 is 2.14 bits per heavy atom. The predicted molar refractivity (Wildman–Crippen MR) is 64.2 cm³/mol. The van der Waals surface area contributed by atoms with E-state index in [0.29, 0.717) is 12.5 Å². The first kappa shape index (κ1) is 9.98. The molecule has 0 spiro atoms. The minimum Gasteiger partial charge on any atom is -0.370 e. The van der Waals surface area contributed by atoms with Crippen LogP contribution in [-0.4, -0.2) is 12.5 Å². The molecule has 0 radical (unpaired) electrons. The molecule has 1 aliphatic rings. The SMILES string of the molecule is NC1=NCC(c2ccc(Br)c(Br)c2)N1. The van der Waals surface area contributed by atoms with Crippen molar-refractivity contribution >= 4 is 37.8 Å². The van der Waals surface area contributed by atoms with Gasteiger partial charge in [-0.2, -0.15) is 0 Å². The fourth-order valence-corrected chi connectivity index (χ4v) is 2.02. The van der Waals surface area contributed by atoms with Gasteiger partial charge in [-0.3, -0.25) is 4.99 Å². The topological polar surface area (TPSA) is 50.4 Å². The van der Waals surface area contributed by atoms with Crippen molar-refractivity contribution in [2.24, 2.45) is 10.7 Å². The van der Waals surface area contributed by atoms with Gasteiger partial charge in [-0.05, 0) is 49.6 Å². The third-order valence-corrected chi connectivity index (χ3v) is 3.99. The highest BCUT2D eigenvalue weighted by Crippen LogP contribution is 2.27. The molecule has 0 aromatic heterocycles. The highest BCUT2D eigenvalue weighted by atomic mass is 79.9. The van der Waals surface area contributed by atoms with Crippen LogP contribution in [0.4, 0.5) is 0 Å². The molecule has 5 heteroatoms. The summed E-state index contributed by atoms with van der Waals surface area (Å²) in [5, 5.41) is 3.11. The van der Waals surface area contributed by atoms with E-state index in [9.17, 15) is 0 Å². The number of halogens is 2. The van der Waals surface area contributed by atoms with Crippen molar-refractivity contribution in [2.75, 3.05) is 6.54 Å². The standard InChI is InChI=1S/C9H9Br2N3/c10-6-2-1-5(3-7(6)11)8-4-13-9(12)14-8/h1-3,8H,4H2,(H3,12,13,14). The molecule has 0 saturated carbocycles. The first-order chi connectivity index (χ1) is 6.66. The van der Waals surface area contributed by atoms with E-state index in [2.05, 4.69) is 54.3 Å². The van der Waals surface area contributed by atoms with Crippen LogP contribution in [-0.2, 0) is 0 Å². The maximum absolute atomic E-state index is 5.55. The van der Waals surface area contributed by atoms with Gasteiger partial charge in [0.05, 0.1) is 12.6 Å². The van der Waals surface area contributed by atoms with Gasteiger partial charge in [-0.25, -0.2) is 0 Å². The average Bonchev–Trinajstić information content (AvgIpc) is 2.57. The van der Waals surface area contributed by atoms with Gasteiger partial charge >= 0.3 is 0 Å². The van der Waals surface area contributed by atoms with E-state index in [1.54, 1.807) is 0 Å². The zero-order valence-electron chi connectivity index (χ0n) is 7.30. The lowest BCUT2D eigenvalue weighted by atomic mass is 10.1. The number of hydrogen-bond acceptors (Lipinski definition) is 3. The van der Waals surface area contributed by atoms with Gasteiger partial charge in [-0.15, -0.1) is 0 Å². The van der Waals surface area contributed by atoms with Crippen LogP contribution in [0.3, 0.4) is 0 Å². The number of nitrogens with two attached hydrogens (primary N) is 1. The summed E-state index contributed by atoms with van der Waals surface area (Å²) in [5.74, 6) is 0.522. The zero-order valence-corrected chi connectivity index (χ0v) is 10.5. The second-order valence-electron chi connectivity index (χ2n) is 3.10. The molecule has 74 valence electrons. The Hall–Kier alpha value is -0.550. The van der Waals surface area contributed by atoms with Crippen LogP contribution in [0.2, 0.25) is 0 Å². The van der Waals surface area contributed by atoms with Gasteiger partial charge in [0.2, 0.25) is 0 Å². The molecule has 1 aromatic rings. The van der Waals surface area contributed by atoms with Gasteiger partial charge < -0.3 is 11.1 Å². The van der Waals surface area contributed by atoms with Crippen molar-refractivity contribution in [3.8, 4) is 0 Å². The van der Waals surface area contributed by atoms with Crippen molar-refractivity contribution in [1.29, 1.82) is 0 Å². The van der Waals surface area contributed by atoms with Crippen LogP contribution >= 0.6 is 31.9 Å². The number of guanidine groups is 1. The molecule has 1 aliphatic heterocycles. The molecular weight excluding hydrogens is 310 g/mol. The number of aliphatic imine (C=N–C) groups is 1. The quantitative estimate of drug-likeness (QED) is 0.833. The molecular formula is C9H9Br2N3. The van der Waals surface area contributed by atoms with E-state index in [0.717, 1.165) is 8.95 Å². The van der Waals surface area contributed by atoms with Crippen molar-refractivity contribution < 1.29 is 0 Å². The lowest BCUT2D eigenvalue weighted by molar-refractivity contribution is 0.707. The summed E-state index contributed by atoms with van der Waals surface area (Å²) in [4.78, 5) is 4.10. The van der Waals surface area contributed by atoms with E-state index in [1.165, 1.54) is 5.56 Å². The minimum atomic E-state index is 0.208. The zero-order chi connectivity index (χ0) is 10.1. The summed E-state index contributed by atoms with van der Waals surface area (Å²) in [6.45, 7) is 0.708. The summed E-state index contributed by atoms with van der Waals surface area (Å²) in [5.41, 5.74) is 6.73. The molecule has 1 atom stereocenters. The maximum Gasteiger partial charge on any atom is 0.189 e. The molecule has 2 rings (SSSR count). The average molecular weight is 319 g/mol. The summed E-state index contributed by atoms with van der Waals surface area (Å²) in [6.07, 6.45) is 0. The molecule has 14 heavy (non-hydrogen) atoms. The van der Waals surface area contributed by atoms with Crippen LogP contribution in [0, 0.1) is 0 Å². The normalized spacial score (nSPS) is 20.4. The van der Waals surface area contributed by atoms with E-state index in [1.807, 2.05) is 6.07 Å². The van der Waals surface area contributed by atoms with Crippen LogP contribution in [0.5, 0.6) is 0 Å². The Labute approximate surface area is 99.0 Å². The molecule has 1 aromatic carbocycles. The van der Waals surface area contributed by atoms with E-state index in [4.69, 9.17) is 5.73 Å². The minimum absolute atomic E-state index is 0.208. The third kappa shape index (κ3) is 1.93. The second-order valence-corrected chi connectivity index (χ2v) is 4.81. The summed E-state index contributed by atoms with van der Waals surface area (Å²) in [7, 11) is 0. The molecule has 3 N–H and O–H groups in total. The predicted octanol–water partition coefficient (Wildman–Crippen LogP) is 2.17. The van der Waals surface area contributed by atoms with Crippen LogP contribution < -0.4 is 11.1 Å². The molecule has 0 fully saturated rings. The Bertz CT molecular complexity index is 390. The van der Waals surface area contributed by atoms with Gasteiger partial charge in [0.15, 0.2) is 5.96 Å². The number of nitrogens with zero attached hydrogens (tertiary/aromatic N) is 1. The third-order valence-electron chi connectivity index (χ3n) is 2.11. The maximum atomic E-state index is 5.55. The van der Waals surface area contributed by atoms with Crippen LogP contribution in [0.15, 0.2) is 32.1 Å². The van der Waals surface area contributed by atoms with Crippen molar-refractivity contribution in [1.82, 2.24) is 5.32 Å². The van der Waals surface area contributed by atoms with Crippen molar-refractivity contribution in [2.45, 2.75) is 6.04 Å². The molecule has 0 aliphatic carbocycles. The largest absolute Gasteiger partial charge is 0.370 e. The summed E-state index contributed by atoms with van der Waals surface area (Å²) < 4.78 is 2.09. The molecule has 1 heterocycles. The number of nitrogens with one attached hydrogen (secondary N) is 1. The fourth-order valence-electron chi connectivity index (χ4n) is 1.38. The van der Waals surface area contributed by atoms with Gasteiger partial charge in [0.25, 0.3) is 0 Å². The Kier molecular flexibility index (Phi) is 2.78. The molecule has 0 saturated heterocycles. The molecule has 1 unspecified atom stereocenters. The summed E-state index contributed by atoms with van der Waals surface area (Å²) >= 11 is 6.89. The fraction of sp³-hybridized carbons (Fsp3) is 0.222. The molecule has 0 bridgehead atoms. The van der Waals surface area contributed by atoms with Crippen LogP contribution in [0.25, 0.3) is 0 Å². The van der Waals surface area contributed by atoms with Gasteiger partial charge in [0.1, 0.15) is 0 Å². The van der Waals surface area contributed by atoms with Gasteiger partial charge in [0, 0.05) is 8.95 Å². The Balaban J connectivity index is 2.22. The number of hydrogen-bond donors (Lipinski definition) is 2. The molecule has 0 amide bonds. The van der Waals surface area contributed by atoms with E-state index in [-0.39, 0.29) is 6.04 Å². The van der Waals surface area contributed by atoms with E-state index < -0.39 is 0 Å². The lowest BCUT2D eigenvalue weighted by Gasteiger charge is -2.11. The Morgan fingerprint density at radius 1 is 1.36 bits per heavy atom. The highest BCUT2D eigenvalue weighted by molar-refractivity contribution is 9.13. The monoisotopic (exact) mass is 317 g/mol. The first-order valence-corrected chi connectivity index (χ1v) is 5.77. The lowest BCUT2D eigenvalue weighted by Crippen LogP contribution is -2.29.